The van der Waals surface area contributed by atoms with E-state index in [2.05, 4.69) is 28.2 Å². The molecule has 6 heteroatoms. The minimum absolute atomic E-state index is 0.510. The van der Waals surface area contributed by atoms with Gasteiger partial charge in [-0.25, -0.2) is 9.97 Å². The number of nitrogens with one attached hydrogen (secondary N) is 1. The molecular weight excluding hydrogens is 314 g/mol. The van der Waals surface area contributed by atoms with Gasteiger partial charge in [-0.3, -0.25) is 0 Å². The lowest BCUT2D eigenvalue weighted by Gasteiger charge is -2.38. The van der Waals surface area contributed by atoms with Gasteiger partial charge in [0, 0.05) is 38.2 Å². The molecule has 1 atom stereocenters. The number of anilines is 1. The number of nitrogens with zero attached hydrogens (tertiary/aromatic N) is 4. The molecule has 0 aliphatic carbocycles. The number of ether oxygens (including phenoxy) is 1. The standard InChI is InChI=1S/C19H33N5O/c1-15-21-18(16-5-4-8-20-14-16)13-19(22-15)24(11-12-25-3)17-6-9-23(2)10-7-17/h13,16-17,20H,4-12,14H2,1-3H3/t16-/m0/s1. The zero-order valence-corrected chi connectivity index (χ0v) is 16.0. The van der Waals surface area contributed by atoms with Gasteiger partial charge in [-0.15, -0.1) is 0 Å². The van der Waals surface area contributed by atoms with Crippen LogP contribution in [0.15, 0.2) is 6.07 Å². The summed E-state index contributed by atoms with van der Waals surface area (Å²) < 4.78 is 5.38. The molecule has 0 amide bonds. The maximum absolute atomic E-state index is 5.38. The van der Waals surface area contributed by atoms with Crippen molar-refractivity contribution < 1.29 is 4.74 Å². The molecular formula is C19H33N5O. The summed E-state index contributed by atoms with van der Waals surface area (Å²) in [5, 5.41) is 3.50. The summed E-state index contributed by atoms with van der Waals surface area (Å²) in [5.74, 6) is 2.48. The first kappa shape index (κ1) is 18.5. The van der Waals surface area contributed by atoms with Crippen molar-refractivity contribution >= 4 is 5.82 Å². The molecule has 2 aliphatic heterocycles. The number of likely N-dealkylation sites (tertiary alicyclic amines) is 1. The van der Waals surface area contributed by atoms with Crippen LogP contribution < -0.4 is 10.2 Å². The monoisotopic (exact) mass is 347 g/mol. The van der Waals surface area contributed by atoms with Crippen LogP contribution in [-0.4, -0.2) is 74.4 Å². The van der Waals surface area contributed by atoms with E-state index in [1.54, 1.807) is 7.11 Å². The van der Waals surface area contributed by atoms with Crippen LogP contribution in [0.25, 0.3) is 0 Å². The molecule has 0 spiro atoms. The lowest BCUT2D eigenvalue weighted by molar-refractivity contribution is 0.194. The summed E-state index contributed by atoms with van der Waals surface area (Å²) in [6, 6.07) is 2.77. The molecule has 1 aromatic rings. The molecule has 0 saturated carbocycles. The van der Waals surface area contributed by atoms with Crippen LogP contribution in [0.1, 0.15) is 43.1 Å². The van der Waals surface area contributed by atoms with Crippen molar-refractivity contribution in [1.29, 1.82) is 0 Å². The van der Waals surface area contributed by atoms with Crippen LogP contribution in [0.3, 0.4) is 0 Å². The van der Waals surface area contributed by atoms with Crippen molar-refractivity contribution in [3.05, 3.63) is 17.6 Å². The zero-order valence-electron chi connectivity index (χ0n) is 16.0. The molecule has 0 bridgehead atoms. The van der Waals surface area contributed by atoms with Crippen molar-refractivity contribution in [2.24, 2.45) is 0 Å². The molecule has 2 aliphatic rings. The van der Waals surface area contributed by atoms with Gasteiger partial charge in [0.15, 0.2) is 0 Å². The van der Waals surface area contributed by atoms with E-state index in [1.165, 1.54) is 31.4 Å². The summed E-state index contributed by atoms with van der Waals surface area (Å²) in [6.45, 7) is 8.10. The van der Waals surface area contributed by atoms with Gasteiger partial charge >= 0.3 is 0 Å². The van der Waals surface area contributed by atoms with E-state index in [4.69, 9.17) is 14.7 Å². The van der Waals surface area contributed by atoms with E-state index in [-0.39, 0.29) is 0 Å². The first-order valence-corrected chi connectivity index (χ1v) is 9.68. The van der Waals surface area contributed by atoms with Gasteiger partial charge in [0.25, 0.3) is 0 Å². The lowest BCUT2D eigenvalue weighted by Crippen LogP contribution is -2.45. The average molecular weight is 348 g/mol. The maximum Gasteiger partial charge on any atom is 0.132 e. The third-order valence-electron chi connectivity index (χ3n) is 5.52. The van der Waals surface area contributed by atoms with E-state index in [9.17, 15) is 0 Å². The SMILES string of the molecule is COCCN(c1cc([C@H]2CCCNC2)nc(C)n1)C1CCN(C)CC1. The Morgan fingerprint density at radius 3 is 2.76 bits per heavy atom. The molecule has 3 heterocycles. The van der Waals surface area contributed by atoms with Crippen molar-refractivity contribution in [2.75, 3.05) is 58.4 Å². The minimum atomic E-state index is 0.510. The molecule has 1 aromatic heterocycles. The quantitative estimate of drug-likeness (QED) is 0.847. The van der Waals surface area contributed by atoms with Crippen LogP contribution in [0.4, 0.5) is 5.82 Å². The van der Waals surface area contributed by atoms with Crippen LogP contribution >= 0.6 is 0 Å². The Balaban J connectivity index is 1.82. The van der Waals surface area contributed by atoms with Crippen molar-refractivity contribution in [3.8, 4) is 0 Å². The second kappa shape index (κ2) is 8.92. The summed E-state index contributed by atoms with van der Waals surface area (Å²) in [5.41, 5.74) is 1.20. The second-order valence-corrected chi connectivity index (χ2v) is 7.46. The van der Waals surface area contributed by atoms with Gasteiger partial charge in [0.05, 0.1) is 12.3 Å². The van der Waals surface area contributed by atoms with Crippen LogP contribution in [0.5, 0.6) is 0 Å². The number of methoxy groups -OCH3 is 1. The smallest absolute Gasteiger partial charge is 0.132 e. The first-order valence-electron chi connectivity index (χ1n) is 9.68. The molecule has 6 nitrogen and oxygen atoms in total. The summed E-state index contributed by atoms with van der Waals surface area (Å²) >= 11 is 0. The van der Waals surface area contributed by atoms with Crippen LogP contribution in [0.2, 0.25) is 0 Å². The van der Waals surface area contributed by atoms with Gasteiger partial charge in [0.2, 0.25) is 0 Å². The number of aryl methyl sites for hydroxylation is 1. The van der Waals surface area contributed by atoms with Gasteiger partial charge in [-0.1, -0.05) is 0 Å². The summed E-state index contributed by atoms with van der Waals surface area (Å²) in [7, 11) is 3.98. The normalized spacial score (nSPS) is 22.9. The van der Waals surface area contributed by atoms with Gasteiger partial charge in [-0.05, 0) is 59.3 Å². The zero-order chi connectivity index (χ0) is 17.6. The predicted molar refractivity (Wildman–Crippen MR) is 101 cm³/mol. The Morgan fingerprint density at radius 1 is 1.28 bits per heavy atom. The third kappa shape index (κ3) is 4.90. The Labute approximate surface area is 152 Å². The van der Waals surface area contributed by atoms with Crippen molar-refractivity contribution in [1.82, 2.24) is 20.2 Å². The van der Waals surface area contributed by atoms with Crippen molar-refractivity contribution in [2.45, 2.75) is 44.6 Å². The van der Waals surface area contributed by atoms with E-state index in [0.29, 0.717) is 12.0 Å². The molecule has 25 heavy (non-hydrogen) atoms. The second-order valence-electron chi connectivity index (χ2n) is 7.46. The Kier molecular flexibility index (Phi) is 6.62. The van der Waals surface area contributed by atoms with E-state index in [0.717, 1.165) is 51.0 Å². The first-order chi connectivity index (χ1) is 12.2. The highest BCUT2D eigenvalue weighted by molar-refractivity contribution is 5.42. The number of piperidine rings is 2. The summed E-state index contributed by atoms with van der Waals surface area (Å²) in [4.78, 5) is 14.4. The Morgan fingerprint density at radius 2 is 2.08 bits per heavy atom. The highest BCUT2D eigenvalue weighted by Crippen LogP contribution is 2.27. The fourth-order valence-corrected chi connectivity index (χ4v) is 4.02. The summed E-state index contributed by atoms with van der Waals surface area (Å²) in [6.07, 6.45) is 4.81. The molecule has 0 unspecified atom stereocenters. The topological polar surface area (TPSA) is 53.5 Å². The molecule has 3 rings (SSSR count). The Bertz CT molecular complexity index is 539. The van der Waals surface area contributed by atoms with Crippen LogP contribution in [0, 0.1) is 6.92 Å². The lowest BCUT2D eigenvalue weighted by atomic mass is 9.95. The highest BCUT2D eigenvalue weighted by atomic mass is 16.5. The highest BCUT2D eigenvalue weighted by Gasteiger charge is 2.26. The number of aromatic nitrogens is 2. The van der Waals surface area contributed by atoms with Gasteiger partial charge in [0.1, 0.15) is 11.6 Å². The fourth-order valence-electron chi connectivity index (χ4n) is 4.02. The molecule has 1 N–H and O–H groups in total. The van der Waals surface area contributed by atoms with Crippen molar-refractivity contribution in [3.63, 3.8) is 0 Å². The van der Waals surface area contributed by atoms with Crippen LogP contribution in [-0.2, 0) is 4.74 Å². The van der Waals surface area contributed by atoms with Gasteiger partial charge < -0.3 is 19.9 Å². The average Bonchev–Trinajstić information content (AvgIpc) is 2.64. The maximum atomic E-state index is 5.38. The molecule has 0 aromatic carbocycles. The van der Waals surface area contributed by atoms with E-state index >= 15 is 0 Å². The Hall–Kier alpha value is -1.24. The number of rotatable bonds is 6. The fraction of sp³-hybridized carbons (Fsp3) is 0.789. The molecule has 0 radical (unpaired) electrons. The predicted octanol–water partition coefficient (Wildman–Crippen LogP) is 1.80. The number of hydrogen-bond acceptors (Lipinski definition) is 6. The molecule has 2 saturated heterocycles. The third-order valence-corrected chi connectivity index (χ3v) is 5.52. The number of hydrogen-bond donors (Lipinski definition) is 1. The molecule has 140 valence electrons. The van der Waals surface area contributed by atoms with E-state index < -0.39 is 0 Å². The van der Waals surface area contributed by atoms with E-state index in [1.807, 2.05) is 6.92 Å². The van der Waals surface area contributed by atoms with Gasteiger partial charge in [-0.2, -0.15) is 0 Å². The molecule has 2 fully saturated rings. The largest absolute Gasteiger partial charge is 0.383 e. The minimum Gasteiger partial charge on any atom is -0.383 e.